The van der Waals surface area contributed by atoms with E-state index in [2.05, 4.69) is 52.0 Å². The summed E-state index contributed by atoms with van der Waals surface area (Å²) in [6, 6.07) is 9.18. The van der Waals surface area contributed by atoms with Gasteiger partial charge in [0.2, 0.25) is 5.91 Å². The van der Waals surface area contributed by atoms with Gasteiger partial charge in [-0.2, -0.15) is 0 Å². The Morgan fingerprint density at radius 1 is 1.20 bits per heavy atom. The van der Waals surface area contributed by atoms with Crippen molar-refractivity contribution in [1.29, 1.82) is 0 Å². The van der Waals surface area contributed by atoms with Crippen molar-refractivity contribution < 1.29 is 4.79 Å². The van der Waals surface area contributed by atoms with Gasteiger partial charge in [-0.3, -0.25) is 4.79 Å². The van der Waals surface area contributed by atoms with E-state index in [1.54, 1.807) is 0 Å². The maximum atomic E-state index is 12.3. The van der Waals surface area contributed by atoms with Crippen LogP contribution in [-0.2, 0) is 17.8 Å². The van der Waals surface area contributed by atoms with E-state index in [4.69, 9.17) is 0 Å². The van der Waals surface area contributed by atoms with Crippen LogP contribution in [0.4, 0.5) is 0 Å². The van der Waals surface area contributed by atoms with E-state index >= 15 is 0 Å². The fourth-order valence-electron chi connectivity index (χ4n) is 2.40. The minimum Gasteiger partial charge on any atom is -0.335 e. The molecule has 0 N–H and O–H groups in total. The maximum Gasteiger partial charge on any atom is 0.223 e. The fraction of sp³-hybridized carbons (Fsp3) is 0.588. The van der Waals surface area contributed by atoms with Crippen LogP contribution in [0.25, 0.3) is 0 Å². The monoisotopic (exact) mass is 337 g/mol. The fourth-order valence-corrected chi connectivity index (χ4v) is 2.80. The molecule has 2 nitrogen and oxygen atoms in total. The molecule has 1 aromatic rings. The molecule has 0 saturated heterocycles. The Morgan fingerprint density at radius 3 is 2.40 bits per heavy atom. The van der Waals surface area contributed by atoms with Crippen molar-refractivity contribution in [3.05, 3.63) is 35.4 Å². The number of unbranched alkanes of at least 4 members (excludes halogenated alkanes) is 1. The molecule has 1 saturated carbocycles. The third-order valence-corrected chi connectivity index (χ3v) is 4.43. The van der Waals surface area contributed by atoms with E-state index < -0.39 is 0 Å². The van der Waals surface area contributed by atoms with Gasteiger partial charge in [-0.25, -0.2) is 0 Å². The summed E-state index contributed by atoms with van der Waals surface area (Å²) in [5.41, 5.74) is 2.61. The summed E-state index contributed by atoms with van der Waals surface area (Å²) in [5.74, 6) is 0.327. The van der Waals surface area contributed by atoms with Crippen molar-refractivity contribution >= 4 is 21.8 Å². The maximum absolute atomic E-state index is 12.3. The molecule has 0 bridgehead atoms. The lowest BCUT2D eigenvalue weighted by Gasteiger charge is -2.22. The molecule has 1 aliphatic rings. The normalized spacial score (nSPS) is 14.3. The molecule has 0 radical (unpaired) electrons. The van der Waals surface area contributed by atoms with E-state index in [-0.39, 0.29) is 0 Å². The molecule has 0 aliphatic heterocycles. The van der Waals surface area contributed by atoms with Crippen molar-refractivity contribution in [2.45, 2.75) is 58.0 Å². The minimum absolute atomic E-state index is 0.327. The number of nitrogens with zero attached hydrogens (tertiary/aromatic N) is 1. The second-order valence-electron chi connectivity index (χ2n) is 5.57. The Kier molecular flexibility index (Phi) is 6.08. The van der Waals surface area contributed by atoms with Crippen LogP contribution < -0.4 is 0 Å². The zero-order valence-corrected chi connectivity index (χ0v) is 13.9. The summed E-state index contributed by atoms with van der Waals surface area (Å²) in [4.78, 5) is 14.4. The van der Waals surface area contributed by atoms with E-state index in [1.807, 2.05) is 0 Å². The molecule has 0 atom stereocenters. The molecule has 20 heavy (non-hydrogen) atoms. The van der Waals surface area contributed by atoms with Crippen molar-refractivity contribution in [1.82, 2.24) is 4.90 Å². The molecule has 0 unspecified atom stereocenters. The lowest BCUT2D eigenvalue weighted by Crippen LogP contribution is -2.32. The average molecular weight is 338 g/mol. The number of hydrogen-bond acceptors (Lipinski definition) is 1. The third kappa shape index (κ3) is 4.62. The molecular weight excluding hydrogens is 314 g/mol. The van der Waals surface area contributed by atoms with Gasteiger partial charge < -0.3 is 4.90 Å². The molecule has 1 fully saturated rings. The summed E-state index contributed by atoms with van der Waals surface area (Å²) in [5, 5.41) is 0.988. The van der Waals surface area contributed by atoms with Crippen LogP contribution in [0.1, 0.15) is 50.2 Å². The number of alkyl halides is 1. The van der Waals surface area contributed by atoms with Crippen LogP contribution in [-0.4, -0.2) is 22.2 Å². The van der Waals surface area contributed by atoms with Crippen LogP contribution in [0.2, 0.25) is 0 Å². The summed E-state index contributed by atoms with van der Waals surface area (Å²) in [6.45, 7) is 2.95. The molecule has 2 rings (SSSR count). The van der Waals surface area contributed by atoms with Crippen molar-refractivity contribution in [2.75, 3.05) is 5.33 Å². The average Bonchev–Trinajstić information content (AvgIpc) is 3.30. The highest BCUT2D eigenvalue weighted by atomic mass is 79.9. The Labute approximate surface area is 130 Å². The summed E-state index contributed by atoms with van der Waals surface area (Å²) < 4.78 is 0. The van der Waals surface area contributed by atoms with Gasteiger partial charge in [0.25, 0.3) is 0 Å². The second-order valence-corrected chi connectivity index (χ2v) is 6.36. The first-order valence-electron chi connectivity index (χ1n) is 7.68. The van der Waals surface area contributed by atoms with Gasteiger partial charge in [-0.15, -0.1) is 0 Å². The van der Waals surface area contributed by atoms with Gasteiger partial charge >= 0.3 is 0 Å². The number of benzene rings is 1. The number of carbonyl (C=O) groups is 1. The first-order chi connectivity index (χ1) is 9.74. The first kappa shape index (κ1) is 15.6. The summed E-state index contributed by atoms with van der Waals surface area (Å²) in [7, 11) is 0. The van der Waals surface area contributed by atoms with Gasteiger partial charge in [0.05, 0.1) is 0 Å². The largest absolute Gasteiger partial charge is 0.335 e. The SMILES string of the molecule is CCc1ccc(CN(C(=O)CCCCBr)C2CC2)cc1. The number of hydrogen-bond donors (Lipinski definition) is 0. The molecule has 1 aromatic carbocycles. The lowest BCUT2D eigenvalue weighted by molar-refractivity contribution is -0.132. The summed E-state index contributed by atoms with van der Waals surface area (Å²) in [6.07, 6.45) is 6.18. The second kappa shape index (κ2) is 7.82. The van der Waals surface area contributed by atoms with Gasteiger partial charge in [0.1, 0.15) is 0 Å². The number of rotatable bonds is 8. The van der Waals surface area contributed by atoms with Crippen LogP contribution >= 0.6 is 15.9 Å². The van der Waals surface area contributed by atoms with Crippen molar-refractivity contribution in [3.63, 3.8) is 0 Å². The van der Waals surface area contributed by atoms with Crippen LogP contribution in [0.5, 0.6) is 0 Å². The van der Waals surface area contributed by atoms with Gasteiger partial charge in [-0.1, -0.05) is 47.1 Å². The zero-order chi connectivity index (χ0) is 14.4. The Balaban J connectivity index is 1.92. The predicted octanol–water partition coefficient (Wildman–Crippen LogP) is 4.31. The topological polar surface area (TPSA) is 20.3 Å². The Hall–Kier alpha value is -0.830. The molecule has 0 spiro atoms. The van der Waals surface area contributed by atoms with Crippen molar-refractivity contribution in [2.24, 2.45) is 0 Å². The highest BCUT2D eigenvalue weighted by Crippen LogP contribution is 2.29. The Bertz CT molecular complexity index is 425. The van der Waals surface area contributed by atoms with Crippen molar-refractivity contribution in [3.8, 4) is 0 Å². The smallest absolute Gasteiger partial charge is 0.223 e. The van der Waals surface area contributed by atoms with Crippen LogP contribution in [0.3, 0.4) is 0 Å². The number of halogens is 1. The molecule has 1 amide bonds. The molecule has 0 aromatic heterocycles. The zero-order valence-electron chi connectivity index (χ0n) is 12.3. The van der Waals surface area contributed by atoms with E-state index in [0.717, 1.165) is 31.1 Å². The number of amides is 1. The van der Waals surface area contributed by atoms with Crippen LogP contribution in [0, 0.1) is 0 Å². The first-order valence-corrected chi connectivity index (χ1v) is 8.80. The van der Waals surface area contributed by atoms with Gasteiger partial charge in [0.15, 0.2) is 0 Å². The highest BCUT2D eigenvalue weighted by Gasteiger charge is 2.31. The molecule has 0 heterocycles. The van der Waals surface area contributed by atoms with E-state index in [1.165, 1.54) is 24.0 Å². The molecular formula is C17H24BrNO. The van der Waals surface area contributed by atoms with Gasteiger partial charge in [0, 0.05) is 24.3 Å². The van der Waals surface area contributed by atoms with E-state index in [0.29, 0.717) is 18.4 Å². The molecule has 110 valence electrons. The van der Waals surface area contributed by atoms with Crippen LogP contribution in [0.15, 0.2) is 24.3 Å². The highest BCUT2D eigenvalue weighted by molar-refractivity contribution is 9.09. The summed E-state index contributed by atoms with van der Waals surface area (Å²) >= 11 is 3.42. The lowest BCUT2D eigenvalue weighted by atomic mass is 10.1. The van der Waals surface area contributed by atoms with E-state index in [9.17, 15) is 4.79 Å². The quantitative estimate of drug-likeness (QED) is 0.511. The van der Waals surface area contributed by atoms with Gasteiger partial charge in [-0.05, 0) is 43.2 Å². The molecule has 3 heteroatoms. The minimum atomic E-state index is 0.327. The predicted molar refractivity (Wildman–Crippen MR) is 87.0 cm³/mol. The standard InChI is InChI=1S/C17H24BrNO/c1-2-14-6-8-15(9-7-14)13-19(16-10-11-16)17(20)5-3-4-12-18/h6-9,16H,2-5,10-13H2,1H3. The number of carbonyl (C=O) groups excluding carboxylic acids is 1. The Morgan fingerprint density at radius 2 is 1.85 bits per heavy atom. The molecule has 1 aliphatic carbocycles. The number of aryl methyl sites for hydroxylation is 1. The third-order valence-electron chi connectivity index (χ3n) is 3.87.